The molecule has 0 saturated carbocycles. The number of hydrogen-bond donors (Lipinski definition) is 0. The summed E-state index contributed by atoms with van der Waals surface area (Å²) in [6.45, 7) is 1.27. The molecule has 0 aromatic heterocycles. The smallest absolute Gasteiger partial charge is 0.314 e. The first-order chi connectivity index (χ1) is 4.35. The van der Waals surface area contributed by atoms with Crippen LogP contribution in [0.5, 0.6) is 0 Å². The van der Waals surface area contributed by atoms with Gasteiger partial charge in [-0.05, 0) is 6.92 Å². The van der Waals surface area contributed by atoms with Crippen molar-refractivity contribution in [2.75, 3.05) is 14.2 Å². The third kappa shape index (κ3) is 4.00. The number of allylic oxidation sites excluding steroid dienone is 1. The van der Waals surface area contributed by atoms with E-state index >= 15 is 0 Å². The Bertz CT molecular complexity index is 76.4. The molecule has 0 unspecified atom stereocenters. The van der Waals surface area contributed by atoms with Crippen LogP contribution < -0.4 is 0 Å². The van der Waals surface area contributed by atoms with E-state index in [1.807, 2.05) is 6.92 Å². The van der Waals surface area contributed by atoms with Gasteiger partial charge < -0.3 is 14.2 Å². The first-order valence-electron chi connectivity index (χ1n) is 2.67. The average molecular weight is 132 g/mol. The molecule has 0 rings (SSSR count). The molecule has 0 bridgehead atoms. The first-order valence-corrected chi connectivity index (χ1v) is 2.67. The summed E-state index contributed by atoms with van der Waals surface area (Å²) in [5, 5.41) is 0. The van der Waals surface area contributed by atoms with Crippen LogP contribution in [0, 0.1) is 0 Å². The lowest BCUT2D eigenvalue weighted by atomic mass is 10.7. The standard InChI is InChI=1S/C6H12O3/c1-4-5-9-6(7-2)8-3/h4-6H,1-3H3/b5-4+. The molecule has 0 radical (unpaired) electrons. The Kier molecular flexibility index (Phi) is 5.26. The van der Waals surface area contributed by atoms with Gasteiger partial charge in [-0.2, -0.15) is 0 Å². The van der Waals surface area contributed by atoms with E-state index in [-0.39, 0.29) is 0 Å². The number of ether oxygens (including phenoxy) is 3. The Labute approximate surface area is 55.2 Å². The Morgan fingerprint density at radius 3 is 2.11 bits per heavy atom. The van der Waals surface area contributed by atoms with Gasteiger partial charge in [-0.3, -0.25) is 0 Å². The van der Waals surface area contributed by atoms with Crippen molar-refractivity contribution in [3.8, 4) is 0 Å². The van der Waals surface area contributed by atoms with Crippen molar-refractivity contribution in [3.05, 3.63) is 12.3 Å². The lowest BCUT2D eigenvalue weighted by Gasteiger charge is -2.10. The van der Waals surface area contributed by atoms with Crippen LogP contribution in [-0.2, 0) is 14.2 Å². The molecular formula is C6H12O3. The highest BCUT2D eigenvalue weighted by molar-refractivity contribution is 4.64. The molecule has 0 aliphatic rings. The maximum absolute atomic E-state index is 4.86. The van der Waals surface area contributed by atoms with Gasteiger partial charge in [-0.25, -0.2) is 0 Å². The zero-order chi connectivity index (χ0) is 7.11. The summed E-state index contributed by atoms with van der Waals surface area (Å²) in [4.78, 5) is 0. The Hall–Kier alpha value is -0.540. The molecule has 0 spiro atoms. The molecule has 0 aromatic carbocycles. The molecule has 9 heavy (non-hydrogen) atoms. The van der Waals surface area contributed by atoms with E-state index in [2.05, 4.69) is 0 Å². The SMILES string of the molecule is C/C=C/OC(OC)OC. The Balaban J connectivity index is 3.31. The third-order valence-electron chi connectivity index (χ3n) is 0.711. The van der Waals surface area contributed by atoms with Gasteiger partial charge in [0, 0.05) is 14.2 Å². The second-order valence-corrected chi connectivity index (χ2v) is 1.37. The minimum Gasteiger partial charge on any atom is -0.450 e. The minimum atomic E-state index is -0.582. The molecular weight excluding hydrogens is 120 g/mol. The second-order valence-electron chi connectivity index (χ2n) is 1.37. The lowest BCUT2D eigenvalue weighted by molar-refractivity contribution is -0.239. The van der Waals surface area contributed by atoms with Crippen molar-refractivity contribution in [1.82, 2.24) is 0 Å². The summed E-state index contributed by atoms with van der Waals surface area (Å²) in [5.41, 5.74) is 0. The van der Waals surface area contributed by atoms with Gasteiger partial charge in [0.2, 0.25) is 0 Å². The minimum absolute atomic E-state index is 0.582. The molecule has 0 heterocycles. The van der Waals surface area contributed by atoms with Crippen LogP contribution >= 0.6 is 0 Å². The van der Waals surface area contributed by atoms with Gasteiger partial charge in [0.05, 0.1) is 6.26 Å². The molecule has 0 N–H and O–H groups in total. The number of methoxy groups -OCH3 is 2. The maximum atomic E-state index is 4.86. The van der Waals surface area contributed by atoms with Gasteiger partial charge in [0.15, 0.2) is 0 Å². The number of hydrogen-bond acceptors (Lipinski definition) is 3. The van der Waals surface area contributed by atoms with Gasteiger partial charge in [0.25, 0.3) is 0 Å². The van der Waals surface area contributed by atoms with Crippen LogP contribution in [-0.4, -0.2) is 20.7 Å². The fourth-order valence-electron chi connectivity index (χ4n) is 0.350. The van der Waals surface area contributed by atoms with Crippen molar-refractivity contribution in [2.24, 2.45) is 0 Å². The van der Waals surface area contributed by atoms with E-state index in [1.54, 1.807) is 6.08 Å². The van der Waals surface area contributed by atoms with Crippen molar-refractivity contribution < 1.29 is 14.2 Å². The van der Waals surface area contributed by atoms with E-state index in [9.17, 15) is 0 Å². The van der Waals surface area contributed by atoms with Crippen molar-refractivity contribution in [1.29, 1.82) is 0 Å². The second kappa shape index (κ2) is 5.59. The zero-order valence-corrected chi connectivity index (χ0v) is 5.96. The highest BCUT2D eigenvalue weighted by Gasteiger charge is 1.99. The molecule has 3 nitrogen and oxygen atoms in total. The molecule has 0 fully saturated rings. The predicted molar refractivity (Wildman–Crippen MR) is 33.7 cm³/mol. The number of rotatable bonds is 4. The molecule has 0 aromatic rings. The average Bonchev–Trinajstić information content (AvgIpc) is 1.91. The quantitative estimate of drug-likeness (QED) is 0.423. The topological polar surface area (TPSA) is 27.7 Å². The highest BCUT2D eigenvalue weighted by atomic mass is 16.8. The van der Waals surface area contributed by atoms with Gasteiger partial charge in [0.1, 0.15) is 0 Å². The fourth-order valence-corrected chi connectivity index (χ4v) is 0.350. The van der Waals surface area contributed by atoms with Crippen LogP contribution in [0.2, 0.25) is 0 Å². The molecule has 3 heteroatoms. The van der Waals surface area contributed by atoms with Crippen molar-refractivity contribution in [2.45, 2.75) is 13.4 Å². The normalized spacial score (nSPS) is 11.1. The first kappa shape index (κ1) is 8.46. The van der Waals surface area contributed by atoms with E-state index in [4.69, 9.17) is 14.2 Å². The summed E-state index contributed by atoms with van der Waals surface area (Å²) < 4.78 is 14.3. The zero-order valence-electron chi connectivity index (χ0n) is 5.96. The Morgan fingerprint density at radius 1 is 1.22 bits per heavy atom. The van der Waals surface area contributed by atoms with E-state index in [0.29, 0.717) is 0 Å². The van der Waals surface area contributed by atoms with Crippen molar-refractivity contribution in [3.63, 3.8) is 0 Å². The molecule has 0 aliphatic carbocycles. The van der Waals surface area contributed by atoms with Crippen LogP contribution in [0.15, 0.2) is 12.3 Å². The van der Waals surface area contributed by atoms with Gasteiger partial charge in [-0.15, -0.1) is 0 Å². The summed E-state index contributed by atoms with van der Waals surface area (Å²) in [5.74, 6) is 0. The molecule has 54 valence electrons. The molecule has 0 aliphatic heterocycles. The van der Waals surface area contributed by atoms with Crippen LogP contribution in [0.4, 0.5) is 0 Å². The fraction of sp³-hybridized carbons (Fsp3) is 0.667. The van der Waals surface area contributed by atoms with Crippen molar-refractivity contribution >= 4 is 0 Å². The summed E-state index contributed by atoms with van der Waals surface area (Å²) in [6.07, 6.45) is 3.27. The summed E-state index contributed by atoms with van der Waals surface area (Å²) in [6, 6.07) is 0. The third-order valence-corrected chi connectivity index (χ3v) is 0.711. The monoisotopic (exact) mass is 132 g/mol. The van der Waals surface area contributed by atoms with E-state index < -0.39 is 6.48 Å². The summed E-state index contributed by atoms with van der Waals surface area (Å²) in [7, 11) is 3.02. The highest BCUT2D eigenvalue weighted by Crippen LogP contribution is 1.92. The molecule has 0 saturated heterocycles. The van der Waals surface area contributed by atoms with Crippen LogP contribution in [0.3, 0.4) is 0 Å². The van der Waals surface area contributed by atoms with Crippen LogP contribution in [0.25, 0.3) is 0 Å². The van der Waals surface area contributed by atoms with E-state index in [1.165, 1.54) is 20.5 Å². The largest absolute Gasteiger partial charge is 0.450 e. The van der Waals surface area contributed by atoms with Crippen LogP contribution in [0.1, 0.15) is 6.92 Å². The lowest BCUT2D eigenvalue weighted by Crippen LogP contribution is -2.13. The predicted octanol–water partition coefficient (Wildman–Crippen LogP) is 1.11. The van der Waals surface area contributed by atoms with Gasteiger partial charge in [-0.1, -0.05) is 6.08 Å². The summed E-state index contributed by atoms with van der Waals surface area (Å²) >= 11 is 0. The van der Waals surface area contributed by atoms with E-state index in [0.717, 1.165) is 0 Å². The van der Waals surface area contributed by atoms with Gasteiger partial charge >= 0.3 is 6.48 Å². The molecule has 0 atom stereocenters. The Morgan fingerprint density at radius 2 is 1.78 bits per heavy atom. The maximum Gasteiger partial charge on any atom is 0.314 e. The molecule has 0 amide bonds.